The van der Waals surface area contributed by atoms with Crippen molar-refractivity contribution in [2.45, 2.75) is 18.9 Å². The van der Waals surface area contributed by atoms with Gasteiger partial charge in [-0.2, -0.15) is 0 Å². The van der Waals surface area contributed by atoms with E-state index in [4.69, 9.17) is 14.3 Å². The minimum atomic E-state index is -3.14. The molecule has 0 aliphatic heterocycles. The lowest BCUT2D eigenvalue weighted by atomic mass is 10.2. The lowest BCUT2D eigenvalue weighted by Crippen LogP contribution is -2.36. The van der Waals surface area contributed by atoms with Crippen LogP contribution in [0.5, 0.6) is 5.75 Å². The lowest BCUT2D eigenvalue weighted by Gasteiger charge is -2.17. The number of alkyl halides is 2. The first-order valence-electron chi connectivity index (χ1n) is 6.25. The van der Waals surface area contributed by atoms with E-state index in [0.29, 0.717) is 17.1 Å². The predicted molar refractivity (Wildman–Crippen MR) is 71.2 cm³/mol. The summed E-state index contributed by atoms with van der Waals surface area (Å²) >= 11 is 0. The predicted octanol–water partition coefficient (Wildman–Crippen LogP) is 2.72. The quantitative estimate of drug-likeness (QED) is 0.857. The molecule has 1 aromatic carbocycles. The third-order valence-corrected chi connectivity index (χ3v) is 3.07. The third kappa shape index (κ3) is 3.08. The Hall–Kier alpha value is -1.66. The normalized spacial score (nSPS) is 13.7. The van der Waals surface area contributed by atoms with Crippen molar-refractivity contribution in [1.29, 1.82) is 0 Å². The number of furan rings is 1. The molecular weight excluding hydrogens is 268 g/mol. The van der Waals surface area contributed by atoms with Crippen LogP contribution >= 0.6 is 0 Å². The minimum absolute atomic E-state index is 0.399. The van der Waals surface area contributed by atoms with Gasteiger partial charge in [-0.1, -0.05) is 12.1 Å². The summed E-state index contributed by atoms with van der Waals surface area (Å²) in [5.41, 5.74) is 0.590. The number of benzene rings is 1. The van der Waals surface area contributed by atoms with Gasteiger partial charge in [0, 0.05) is 5.39 Å². The van der Waals surface area contributed by atoms with Crippen molar-refractivity contribution in [1.82, 2.24) is 5.32 Å². The maximum absolute atomic E-state index is 13.0. The molecule has 1 aromatic heterocycles. The summed E-state index contributed by atoms with van der Waals surface area (Å²) in [6.45, 7) is -0.0723. The van der Waals surface area contributed by atoms with Gasteiger partial charge in [-0.25, -0.2) is 8.78 Å². The van der Waals surface area contributed by atoms with Gasteiger partial charge in [0.15, 0.2) is 11.3 Å². The lowest BCUT2D eigenvalue weighted by molar-refractivity contribution is -0.0493. The van der Waals surface area contributed by atoms with Crippen LogP contribution in [-0.4, -0.2) is 31.3 Å². The molecule has 2 aromatic rings. The van der Waals surface area contributed by atoms with Crippen molar-refractivity contribution < 1.29 is 23.0 Å². The van der Waals surface area contributed by atoms with E-state index >= 15 is 0 Å². The summed E-state index contributed by atoms with van der Waals surface area (Å²) in [6, 6.07) is 6.85. The maximum atomic E-state index is 13.0. The van der Waals surface area contributed by atoms with Crippen molar-refractivity contribution in [2.24, 2.45) is 0 Å². The highest BCUT2D eigenvalue weighted by Crippen LogP contribution is 2.31. The third-order valence-electron chi connectivity index (χ3n) is 3.07. The van der Waals surface area contributed by atoms with E-state index in [0.717, 1.165) is 5.39 Å². The van der Waals surface area contributed by atoms with E-state index in [1.54, 1.807) is 26.2 Å². The van der Waals surface area contributed by atoms with Crippen LogP contribution in [0.1, 0.15) is 18.7 Å². The number of methoxy groups -OCH3 is 1. The zero-order valence-corrected chi connectivity index (χ0v) is 11.3. The molecule has 0 saturated carbocycles. The van der Waals surface area contributed by atoms with Crippen LogP contribution in [0.2, 0.25) is 0 Å². The fourth-order valence-corrected chi connectivity index (χ4v) is 1.89. The van der Waals surface area contributed by atoms with Crippen LogP contribution < -0.4 is 10.1 Å². The molecular formula is C14H17F2NO3. The molecule has 0 aliphatic carbocycles. The Balaban J connectivity index is 2.16. The Morgan fingerprint density at radius 3 is 2.85 bits per heavy atom. The number of aliphatic hydroxyl groups excluding tert-OH is 1. The topological polar surface area (TPSA) is 54.6 Å². The molecule has 20 heavy (non-hydrogen) atoms. The van der Waals surface area contributed by atoms with Gasteiger partial charge in [0.1, 0.15) is 12.4 Å². The molecule has 6 heteroatoms. The number of halogens is 2. The van der Waals surface area contributed by atoms with E-state index < -0.39 is 25.1 Å². The first kappa shape index (κ1) is 14.7. The first-order valence-corrected chi connectivity index (χ1v) is 6.25. The largest absolute Gasteiger partial charge is 0.493 e. The highest BCUT2D eigenvalue weighted by molar-refractivity contribution is 5.83. The first-order chi connectivity index (χ1) is 9.46. The summed E-state index contributed by atoms with van der Waals surface area (Å²) in [5, 5.41) is 12.0. The van der Waals surface area contributed by atoms with Crippen LogP contribution in [0.25, 0.3) is 11.0 Å². The number of ether oxygens (including phenoxy) is 1. The van der Waals surface area contributed by atoms with Crippen LogP contribution in [0.15, 0.2) is 28.7 Å². The zero-order chi connectivity index (χ0) is 14.8. The van der Waals surface area contributed by atoms with Gasteiger partial charge < -0.3 is 19.6 Å². The Kier molecular flexibility index (Phi) is 4.25. The van der Waals surface area contributed by atoms with Gasteiger partial charge in [0.25, 0.3) is 5.92 Å². The summed E-state index contributed by atoms with van der Waals surface area (Å²) in [6.07, 6.45) is 0. The van der Waals surface area contributed by atoms with Crippen LogP contribution in [0.3, 0.4) is 0 Å². The molecule has 0 aliphatic rings. The maximum Gasteiger partial charge on any atom is 0.282 e. The number of nitrogens with one attached hydrogen (secondary N) is 1. The fourth-order valence-electron chi connectivity index (χ4n) is 1.89. The van der Waals surface area contributed by atoms with Gasteiger partial charge in [0.2, 0.25) is 0 Å². The summed E-state index contributed by atoms with van der Waals surface area (Å²) in [5.74, 6) is -2.00. The molecule has 110 valence electrons. The number of hydrogen-bond donors (Lipinski definition) is 2. The van der Waals surface area contributed by atoms with Crippen LogP contribution in [0, 0.1) is 0 Å². The SMILES string of the molecule is COc1cccc2cc(C(C)NCC(F)(F)CO)oc12. The monoisotopic (exact) mass is 285 g/mol. The number of hydrogen-bond acceptors (Lipinski definition) is 4. The van der Waals surface area contributed by atoms with Gasteiger partial charge in [-0.3, -0.25) is 0 Å². The van der Waals surface area contributed by atoms with Gasteiger partial charge in [0.05, 0.1) is 19.7 Å². The highest BCUT2D eigenvalue weighted by Gasteiger charge is 2.28. The molecule has 0 spiro atoms. The van der Waals surface area contributed by atoms with Crippen LogP contribution in [-0.2, 0) is 0 Å². The summed E-state index contributed by atoms with van der Waals surface area (Å²) < 4.78 is 36.8. The number of aliphatic hydroxyl groups is 1. The molecule has 0 amide bonds. The smallest absolute Gasteiger partial charge is 0.282 e. The second-order valence-electron chi connectivity index (χ2n) is 4.64. The van der Waals surface area contributed by atoms with E-state index in [1.807, 2.05) is 12.1 Å². The number of para-hydroxylation sites is 1. The van der Waals surface area contributed by atoms with Crippen molar-refractivity contribution in [3.8, 4) is 5.75 Å². The average molecular weight is 285 g/mol. The van der Waals surface area contributed by atoms with Gasteiger partial charge in [-0.05, 0) is 19.1 Å². The molecule has 2 N–H and O–H groups in total. The van der Waals surface area contributed by atoms with Crippen molar-refractivity contribution in [3.05, 3.63) is 30.0 Å². The molecule has 4 nitrogen and oxygen atoms in total. The van der Waals surface area contributed by atoms with E-state index in [1.165, 1.54) is 0 Å². The van der Waals surface area contributed by atoms with Crippen LogP contribution in [0.4, 0.5) is 8.78 Å². The minimum Gasteiger partial charge on any atom is -0.493 e. The molecule has 2 rings (SSSR count). The Morgan fingerprint density at radius 2 is 2.20 bits per heavy atom. The summed E-state index contributed by atoms with van der Waals surface area (Å²) in [4.78, 5) is 0. The van der Waals surface area contributed by atoms with Crippen molar-refractivity contribution >= 4 is 11.0 Å². The average Bonchev–Trinajstić information content (AvgIpc) is 2.88. The highest BCUT2D eigenvalue weighted by atomic mass is 19.3. The molecule has 0 fully saturated rings. The summed E-state index contributed by atoms with van der Waals surface area (Å²) in [7, 11) is 1.54. The van der Waals surface area contributed by atoms with E-state index in [2.05, 4.69) is 5.32 Å². The molecule has 0 saturated heterocycles. The second-order valence-corrected chi connectivity index (χ2v) is 4.64. The Morgan fingerprint density at radius 1 is 1.45 bits per heavy atom. The standard InChI is InChI=1S/C14H17F2NO3/c1-9(17-7-14(15,16)8-18)12-6-10-4-3-5-11(19-2)13(10)20-12/h3-6,9,17-18H,7-8H2,1-2H3. The molecule has 0 bridgehead atoms. The molecule has 1 unspecified atom stereocenters. The number of rotatable bonds is 6. The van der Waals surface area contributed by atoms with Crippen molar-refractivity contribution in [2.75, 3.05) is 20.3 Å². The number of fused-ring (bicyclic) bond motifs is 1. The van der Waals surface area contributed by atoms with Crippen molar-refractivity contribution in [3.63, 3.8) is 0 Å². The van der Waals surface area contributed by atoms with Gasteiger partial charge >= 0.3 is 0 Å². The van der Waals surface area contributed by atoms with Gasteiger partial charge in [-0.15, -0.1) is 0 Å². The zero-order valence-electron chi connectivity index (χ0n) is 11.3. The Bertz CT molecular complexity index is 583. The molecule has 1 atom stereocenters. The second kappa shape index (κ2) is 5.76. The molecule has 1 heterocycles. The van der Waals surface area contributed by atoms with E-state index in [9.17, 15) is 8.78 Å². The molecule has 0 radical (unpaired) electrons. The fraction of sp³-hybridized carbons (Fsp3) is 0.429. The van der Waals surface area contributed by atoms with E-state index in [-0.39, 0.29) is 0 Å². The Labute approximate surface area is 115 Å².